The standard InChI is InChI=1S/C16H19N3O5/c1-23-13-6-5-11(17-15(21)24-2)8-10(13)9-19-14(20)12-4-3-7-18(12)16(19)22/h5-6,8,12H,3-4,7,9H2,1-2H3,(H,17,21). The van der Waals surface area contributed by atoms with E-state index < -0.39 is 6.09 Å². The largest absolute Gasteiger partial charge is 0.496 e. The molecule has 1 aromatic rings. The maximum absolute atomic E-state index is 12.4. The molecule has 8 heteroatoms. The number of carbonyl (C=O) groups is 3. The second-order valence-corrected chi connectivity index (χ2v) is 5.70. The number of rotatable bonds is 4. The maximum atomic E-state index is 12.4. The molecule has 2 aliphatic heterocycles. The van der Waals surface area contributed by atoms with Gasteiger partial charge in [-0.05, 0) is 31.0 Å². The first-order valence-electron chi connectivity index (χ1n) is 7.69. The molecule has 1 atom stereocenters. The fourth-order valence-corrected chi connectivity index (χ4v) is 3.15. The van der Waals surface area contributed by atoms with Gasteiger partial charge in [-0.3, -0.25) is 15.0 Å². The Bertz CT molecular complexity index is 668. The number of carbonyl (C=O) groups excluding carboxylic acids is 3. The van der Waals surface area contributed by atoms with Crippen LogP contribution in [-0.4, -0.2) is 54.6 Å². The Morgan fingerprint density at radius 2 is 2.12 bits per heavy atom. The van der Waals surface area contributed by atoms with Crippen molar-refractivity contribution in [2.45, 2.75) is 25.4 Å². The van der Waals surface area contributed by atoms with Gasteiger partial charge >= 0.3 is 12.1 Å². The van der Waals surface area contributed by atoms with Crippen molar-refractivity contribution in [2.75, 3.05) is 26.1 Å². The summed E-state index contributed by atoms with van der Waals surface area (Å²) < 4.78 is 9.86. The van der Waals surface area contributed by atoms with Crippen molar-refractivity contribution < 1.29 is 23.9 Å². The van der Waals surface area contributed by atoms with Gasteiger partial charge in [0, 0.05) is 17.8 Å². The predicted octanol–water partition coefficient (Wildman–Crippen LogP) is 1.80. The quantitative estimate of drug-likeness (QED) is 0.849. The van der Waals surface area contributed by atoms with Gasteiger partial charge in [0.1, 0.15) is 11.8 Å². The molecule has 1 aromatic carbocycles. The fraction of sp³-hybridized carbons (Fsp3) is 0.438. The van der Waals surface area contributed by atoms with Gasteiger partial charge in [-0.15, -0.1) is 0 Å². The van der Waals surface area contributed by atoms with Gasteiger partial charge in [-0.25, -0.2) is 9.59 Å². The molecule has 24 heavy (non-hydrogen) atoms. The topological polar surface area (TPSA) is 88.2 Å². The first-order chi connectivity index (χ1) is 11.5. The minimum absolute atomic E-state index is 0.102. The Morgan fingerprint density at radius 1 is 1.33 bits per heavy atom. The summed E-state index contributed by atoms with van der Waals surface area (Å²) in [7, 11) is 2.78. The Kier molecular flexibility index (Phi) is 4.28. The van der Waals surface area contributed by atoms with Crippen molar-refractivity contribution in [2.24, 2.45) is 0 Å². The average molecular weight is 333 g/mol. The third-order valence-electron chi connectivity index (χ3n) is 4.32. The number of urea groups is 1. The van der Waals surface area contributed by atoms with Crippen molar-refractivity contribution in [3.05, 3.63) is 23.8 Å². The number of fused-ring (bicyclic) bond motifs is 1. The summed E-state index contributed by atoms with van der Waals surface area (Å²) in [5, 5.41) is 2.56. The molecule has 8 nitrogen and oxygen atoms in total. The van der Waals surface area contributed by atoms with Gasteiger partial charge in [0.2, 0.25) is 0 Å². The van der Waals surface area contributed by atoms with Crippen LogP contribution in [0.5, 0.6) is 5.75 Å². The number of hydrogen-bond donors (Lipinski definition) is 1. The molecule has 0 bridgehead atoms. The summed E-state index contributed by atoms with van der Waals surface area (Å²) in [4.78, 5) is 39.0. The van der Waals surface area contributed by atoms with E-state index in [1.165, 1.54) is 19.1 Å². The van der Waals surface area contributed by atoms with Crippen molar-refractivity contribution in [1.29, 1.82) is 0 Å². The molecule has 0 aliphatic carbocycles. The maximum Gasteiger partial charge on any atom is 0.411 e. The number of nitrogens with one attached hydrogen (secondary N) is 1. The van der Waals surface area contributed by atoms with E-state index in [1.54, 1.807) is 23.1 Å². The van der Waals surface area contributed by atoms with Gasteiger partial charge < -0.3 is 14.4 Å². The number of amides is 4. The molecule has 0 radical (unpaired) electrons. The van der Waals surface area contributed by atoms with Crippen molar-refractivity contribution in [3.8, 4) is 5.75 Å². The lowest BCUT2D eigenvalue weighted by atomic mass is 10.1. The van der Waals surface area contributed by atoms with Gasteiger partial charge in [0.05, 0.1) is 20.8 Å². The summed E-state index contributed by atoms with van der Waals surface area (Å²) >= 11 is 0. The van der Waals surface area contributed by atoms with Gasteiger partial charge in [0.15, 0.2) is 0 Å². The van der Waals surface area contributed by atoms with E-state index in [2.05, 4.69) is 10.1 Å². The zero-order chi connectivity index (χ0) is 17.3. The first kappa shape index (κ1) is 16.1. The van der Waals surface area contributed by atoms with E-state index in [4.69, 9.17) is 4.74 Å². The predicted molar refractivity (Wildman–Crippen MR) is 84.7 cm³/mol. The van der Waals surface area contributed by atoms with E-state index in [0.29, 0.717) is 30.0 Å². The zero-order valence-electron chi connectivity index (χ0n) is 13.6. The van der Waals surface area contributed by atoms with Gasteiger partial charge in [0.25, 0.3) is 5.91 Å². The lowest BCUT2D eigenvalue weighted by Gasteiger charge is -2.18. The highest BCUT2D eigenvalue weighted by atomic mass is 16.5. The molecular formula is C16H19N3O5. The van der Waals surface area contributed by atoms with E-state index in [9.17, 15) is 14.4 Å². The second-order valence-electron chi connectivity index (χ2n) is 5.70. The Labute approximate surface area is 139 Å². The molecule has 2 aliphatic rings. The van der Waals surface area contributed by atoms with Gasteiger partial charge in [-0.2, -0.15) is 0 Å². The highest BCUT2D eigenvalue weighted by Gasteiger charge is 2.47. The van der Waals surface area contributed by atoms with E-state index in [-0.39, 0.29) is 24.5 Å². The number of nitrogens with zero attached hydrogens (tertiary/aromatic N) is 2. The van der Waals surface area contributed by atoms with Crippen molar-refractivity contribution >= 4 is 23.7 Å². The Hall–Kier alpha value is -2.77. The Morgan fingerprint density at radius 3 is 2.79 bits per heavy atom. The normalized spacial score (nSPS) is 19.5. The number of benzene rings is 1. The van der Waals surface area contributed by atoms with Crippen LogP contribution in [0.1, 0.15) is 18.4 Å². The minimum atomic E-state index is -0.597. The molecule has 128 valence electrons. The lowest BCUT2D eigenvalue weighted by molar-refractivity contribution is -0.128. The van der Waals surface area contributed by atoms with Crippen LogP contribution in [0.3, 0.4) is 0 Å². The Balaban J connectivity index is 1.83. The molecule has 0 spiro atoms. The zero-order valence-corrected chi connectivity index (χ0v) is 13.6. The molecule has 1 N–H and O–H groups in total. The van der Waals surface area contributed by atoms with Crippen molar-refractivity contribution in [3.63, 3.8) is 0 Å². The number of anilines is 1. The molecular weight excluding hydrogens is 314 g/mol. The molecule has 0 aromatic heterocycles. The smallest absolute Gasteiger partial charge is 0.411 e. The number of ether oxygens (including phenoxy) is 2. The van der Waals surface area contributed by atoms with Crippen LogP contribution < -0.4 is 10.1 Å². The fourth-order valence-electron chi connectivity index (χ4n) is 3.15. The lowest BCUT2D eigenvalue weighted by Crippen LogP contribution is -2.32. The summed E-state index contributed by atoms with van der Waals surface area (Å²) in [5.41, 5.74) is 1.13. The SMILES string of the molecule is COC(=O)Nc1ccc(OC)c(CN2C(=O)C3CCCN3C2=O)c1. The summed E-state index contributed by atoms with van der Waals surface area (Å²) in [6.07, 6.45) is 0.972. The number of hydrogen-bond acceptors (Lipinski definition) is 5. The van der Waals surface area contributed by atoms with Crippen LogP contribution in [0.25, 0.3) is 0 Å². The van der Waals surface area contributed by atoms with Crippen LogP contribution in [-0.2, 0) is 16.1 Å². The second kappa shape index (κ2) is 6.38. The molecule has 2 heterocycles. The summed E-state index contributed by atoms with van der Waals surface area (Å²) in [6.45, 7) is 0.720. The molecule has 2 fully saturated rings. The third kappa shape index (κ3) is 2.75. The highest BCUT2D eigenvalue weighted by Crippen LogP contribution is 2.31. The number of imide groups is 1. The highest BCUT2D eigenvalue weighted by molar-refractivity contribution is 6.04. The minimum Gasteiger partial charge on any atom is -0.496 e. The molecule has 3 rings (SSSR count). The van der Waals surface area contributed by atoms with Gasteiger partial charge in [-0.1, -0.05) is 0 Å². The molecule has 4 amide bonds. The summed E-state index contributed by atoms with van der Waals surface area (Å²) in [6, 6.07) is 4.40. The third-order valence-corrected chi connectivity index (χ3v) is 4.32. The number of methoxy groups -OCH3 is 2. The molecule has 0 saturated carbocycles. The monoisotopic (exact) mass is 333 g/mol. The molecule has 1 unspecified atom stereocenters. The summed E-state index contributed by atoms with van der Waals surface area (Å²) in [5.74, 6) is 0.365. The first-order valence-corrected chi connectivity index (χ1v) is 7.69. The van der Waals surface area contributed by atoms with Crippen LogP contribution in [0.4, 0.5) is 15.3 Å². The van der Waals surface area contributed by atoms with Crippen LogP contribution in [0.2, 0.25) is 0 Å². The van der Waals surface area contributed by atoms with E-state index in [1.807, 2.05) is 0 Å². The van der Waals surface area contributed by atoms with E-state index in [0.717, 1.165) is 6.42 Å². The van der Waals surface area contributed by atoms with Crippen LogP contribution >= 0.6 is 0 Å². The average Bonchev–Trinajstić information content (AvgIpc) is 3.15. The van der Waals surface area contributed by atoms with Crippen LogP contribution in [0, 0.1) is 0 Å². The van der Waals surface area contributed by atoms with E-state index >= 15 is 0 Å². The molecule has 2 saturated heterocycles. The van der Waals surface area contributed by atoms with Crippen molar-refractivity contribution in [1.82, 2.24) is 9.80 Å². The van der Waals surface area contributed by atoms with Crippen LogP contribution in [0.15, 0.2) is 18.2 Å².